The molecular weight excluding hydrogens is 294 g/mol. The van der Waals surface area contributed by atoms with Gasteiger partial charge in [0.2, 0.25) is 0 Å². The van der Waals surface area contributed by atoms with Crippen molar-refractivity contribution < 1.29 is 14.3 Å². The zero-order valence-corrected chi connectivity index (χ0v) is 13.1. The van der Waals surface area contributed by atoms with Gasteiger partial charge in [-0.2, -0.15) is 11.3 Å². The maximum atomic E-state index is 11.8. The maximum Gasteiger partial charge on any atom is 0.358 e. The number of rotatable bonds is 4. The number of ether oxygens (including phenoxy) is 1. The predicted molar refractivity (Wildman–Crippen MR) is 80.2 cm³/mol. The third-order valence-corrected chi connectivity index (χ3v) is 4.23. The number of hydrogen-bond donors (Lipinski definition) is 0. The molecule has 0 radical (unpaired) electrons. The van der Waals surface area contributed by atoms with Crippen molar-refractivity contribution in [1.82, 2.24) is 4.98 Å². The standard InChI is InChI=1S/C14H15NO3S2/c1-14(2,3)11(16)6-18-13(17)10-8-20-12(15-10)9-4-5-19-7-9/h4-5,7-8H,6H2,1-3H3. The Kier molecular flexibility index (Phi) is 4.35. The molecule has 6 heteroatoms. The summed E-state index contributed by atoms with van der Waals surface area (Å²) in [5.41, 5.74) is 0.729. The Balaban J connectivity index is 1.99. The number of Topliss-reactive ketones (excluding diaryl/α,β-unsaturated/α-hetero) is 1. The fourth-order valence-corrected chi connectivity index (χ4v) is 2.81. The van der Waals surface area contributed by atoms with Crippen molar-refractivity contribution >= 4 is 34.4 Å². The van der Waals surface area contributed by atoms with Crippen LogP contribution in [0.3, 0.4) is 0 Å². The second kappa shape index (κ2) is 5.85. The van der Waals surface area contributed by atoms with E-state index >= 15 is 0 Å². The quantitative estimate of drug-likeness (QED) is 0.809. The zero-order valence-electron chi connectivity index (χ0n) is 11.5. The molecule has 2 aromatic heterocycles. The van der Waals surface area contributed by atoms with E-state index in [4.69, 9.17) is 4.74 Å². The molecule has 0 aliphatic carbocycles. The molecule has 0 spiro atoms. The number of thiophene rings is 1. The first kappa shape index (κ1) is 14.9. The maximum absolute atomic E-state index is 11.8. The number of aromatic nitrogens is 1. The van der Waals surface area contributed by atoms with Crippen LogP contribution in [0.2, 0.25) is 0 Å². The van der Waals surface area contributed by atoms with Crippen LogP contribution in [0.4, 0.5) is 0 Å². The van der Waals surface area contributed by atoms with E-state index in [1.165, 1.54) is 11.3 Å². The van der Waals surface area contributed by atoms with Crippen molar-refractivity contribution in [3.05, 3.63) is 27.9 Å². The highest BCUT2D eigenvalue weighted by atomic mass is 32.1. The van der Waals surface area contributed by atoms with Gasteiger partial charge in [0.05, 0.1) is 0 Å². The molecule has 0 aliphatic rings. The van der Waals surface area contributed by atoms with E-state index in [0.717, 1.165) is 10.6 Å². The summed E-state index contributed by atoms with van der Waals surface area (Å²) in [6.07, 6.45) is 0. The van der Waals surface area contributed by atoms with Crippen LogP contribution in [0.15, 0.2) is 22.2 Å². The fraction of sp³-hybridized carbons (Fsp3) is 0.357. The summed E-state index contributed by atoms with van der Waals surface area (Å²) < 4.78 is 5.01. The van der Waals surface area contributed by atoms with Crippen molar-refractivity contribution in [2.45, 2.75) is 20.8 Å². The van der Waals surface area contributed by atoms with E-state index in [-0.39, 0.29) is 18.1 Å². The average molecular weight is 309 g/mol. The number of thiazole rings is 1. The van der Waals surface area contributed by atoms with E-state index in [0.29, 0.717) is 0 Å². The summed E-state index contributed by atoms with van der Waals surface area (Å²) >= 11 is 2.96. The van der Waals surface area contributed by atoms with E-state index in [2.05, 4.69) is 4.98 Å². The number of carbonyl (C=O) groups excluding carboxylic acids is 2. The molecule has 0 unspecified atom stereocenters. The van der Waals surface area contributed by atoms with Crippen molar-refractivity contribution in [2.24, 2.45) is 5.41 Å². The van der Waals surface area contributed by atoms with Crippen LogP contribution in [0.25, 0.3) is 10.6 Å². The minimum absolute atomic E-state index is 0.112. The molecule has 0 fully saturated rings. The second-order valence-corrected chi connectivity index (χ2v) is 6.94. The minimum atomic E-state index is -0.555. The fourth-order valence-electron chi connectivity index (χ4n) is 1.31. The summed E-state index contributed by atoms with van der Waals surface area (Å²) in [7, 11) is 0. The summed E-state index contributed by atoms with van der Waals surface area (Å²) in [6, 6.07) is 1.95. The molecule has 0 amide bonds. The summed E-state index contributed by atoms with van der Waals surface area (Å²) in [4.78, 5) is 27.8. The number of nitrogens with zero attached hydrogens (tertiary/aromatic N) is 1. The highest BCUT2D eigenvalue weighted by molar-refractivity contribution is 7.14. The molecule has 0 bridgehead atoms. The van der Waals surface area contributed by atoms with Crippen LogP contribution < -0.4 is 0 Å². The third kappa shape index (κ3) is 3.52. The van der Waals surface area contributed by atoms with E-state index in [1.807, 2.05) is 16.8 Å². The van der Waals surface area contributed by atoms with Gasteiger partial charge in [0, 0.05) is 21.7 Å². The van der Waals surface area contributed by atoms with E-state index < -0.39 is 11.4 Å². The molecule has 4 nitrogen and oxygen atoms in total. The number of hydrogen-bond acceptors (Lipinski definition) is 6. The smallest absolute Gasteiger partial charge is 0.358 e. The first-order valence-corrected chi connectivity index (χ1v) is 7.88. The van der Waals surface area contributed by atoms with Crippen LogP contribution in [0, 0.1) is 5.41 Å². The minimum Gasteiger partial charge on any atom is -0.453 e. The van der Waals surface area contributed by atoms with Gasteiger partial charge in [-0.25, -0.2) is 9.78 Å². The highest BCUT2D eigenvalue weighted by Crippen LogP contribution is 2.26. The van der Waals surface area contributed by atoms with Gasteiger partial charge in [-0.3, -0.25) is 4.79 Å². The number of ketones is 1. The van der Waals surface area contributed by atoms with Crippen molar-refractivity contribution in [1.29, 1.82) is 0 Å². The lowest BCUT2D eigenvalue weighted by atomic mass is 9.91. The molecular formula is C14H15NO3S2. The van der Waals surface area contributed by atoms with Crippen LogP contribution >= 0.6 is 22.7 Å². The predicted octanol–water partition coefficient (Wildman–Crippen LogP) is 3.64. The lowest BCUT2D eigenvalue weighted by Gasteiger charge is -2.15. The van der Waals surface area contributed by atoms with Gasteiger partial charge in [-0.1, -0.05) is 20.8 Å². The van der Waals surface area contributed by atoms with Crippen LogP contribution in [-0.4, -0.2) is 23.3 Å². The number of esters is 1. The van der Waals surface area contributed by atoms with Gasteiger partial charge >= 0.3 is 5.97 Å². The Morgan fingerprint density at radius 2 is 2.05 bits per heavy atom. The third-order valence-electron chi connectivity index (χ3n) is 2.65. The second-order valence-electron chi connectivity index (χ2n) is 5.30. The molecule has 0 saturated heterocycles. The van der Waals surface area contributed by atoms with E-state index in [9.17, 15) is 9.59 Å². The van der Waals surface area contributed by atoms with Crippen molar-refractivity contribution in [2.75, 3.05) is 6.61 Å². The number of carbonyl (C=O) groups is 2. The van der Waals surface area contributed by atoms with Crippen LogP contribution in [0.5, 0.6) is 0 Å². The largest absolute Gasteiger partial charge is 0.453 e. The summed E-state index contributed by atoms with van der Waals surface area (Å²) in [5.74, 6) is -0.667. The Bertz CT molecular complexity index is 609. The first-order valence-electron chi connectivity index (χ1n) is 6.06. The molecule has 20 heavy (non-hydrogen) atoms. The van der Waals surface area contributed by atoms with Crippen molar-refractivity contribution in [3.63, 3.8) is 0 Å². The first-order chi connectivity index (χ1) is 9.38. The molecule has 0 saturated carbocycles. The van der Waals surface area contributed by atoms with Crippen LogP contribution in [-0.2, 0) is 9.53 Å². The lowest BCUT2D eigenvalue weighted by Crippen LogP contribution is -2.26. The Morgan fingerprint density at radius 3 is 2.65 bits per heavy atom. The lowest BCUT2D eigenvalue weighted by molar-refractivity contribution is -0.129. The van der Waals surface area contributed by atoms with Gasteiger partial charge < -0.3 is 4.74 Å². The van der Waals surface area contributed by atoms with Crippen LogP contribution in [0.1, 0.15) is 31.3 Å². The zero-order chi connectivity index (χ0) is 14.8. The Morgan fingerprint density at radius 1 is 1.30 bits per heavy atom. The molecule has 106 valence electrons. The van der Waals surface area contributed by atoms with Gasteiger partial charge in [0.25, 0.3) is 0 Å². The monoisotopic (exact) mass is 309 g/mol. The van der Waals surface area contributed by atoms with Gasteiger partial charge in [-0.15, -0.1) is 11.3 Å². The summed E-state index contributed by atoms with van der Waals surface area (Å²) in [5, 5.41) is 6.35. The Labute approximate surface area is 125 Å². The summed E-state index contributed by atoms with van der Waals surface area (Å²) in [6.45, 7) is 5.16. The van der Waals surface area contributed by atoms with Crippen molar-refractivity contribution in [3.8, 4) is 10.6 Å². The van der Waals surface area contributed by atoms with Gasteiger partial charge in [-0.05, 0) is 11.4 Å². The SMILES string of the molecule is CC(C)(C)C(=O)COC(=O)c1csc(-c2ccsc2)n1. The normalized spacial score (nSPS) is 11.3. The molecule has 0 N–H and O–H groups in total. The topological polar surface area (TPSA) is 56.3 Å². The molecule has 2 heterocycles. The molecule has 2 aromatic rings. The molecule has 0 aliphatic heterocycles. The molecule has 0 atom stereocenters. The van der Waals surface area contributed by atoms with Gasteiger partial charge in [0.15, 0.2) is 18.1 Å². The van der Waals surface area contributed by atoms with E-state index in [1.54, 1.807) is 37.5 Å². The van der Waals surface area contributed by atoms with Gasteiger partial charge in [0.1, 0.15) is 5.01 Å². The molecule has 0 aromatic carbocycles. The Hall–Kier alpha value is -1.53. The average Bonchev–Trinajstić information content (AvgIpc) is 3.03. The highest BCUT2D eigenvalue weighted by Gasteiger charge is 2.23. The molecule has 2 rings (SSSR count).